The molecule has 0 amide bonds. The lowest BCUT2D eigenvalue weighted by Gasteiger charge is -2.04. The number of allylic oxidation sites excluding steroid dienone is 1. The highest BCUT2D eigenvalue weighted by Crippen LogP contribution is 2.14. The van der Waals surface area contributed by atoms with Crippen molar-refractivity contribution in [3.8, 4) is 0 Å². The summed E-state index contributed by atoms with van der Waals surface area (Å²) < 4.78 is 0. The quantitative estimate of drug-likeness (QED) is 0.604. The molecular formula is C14H19. The highest BCUT2D eigenvalue weighted by atomic mass is 14.0. The second kappa shape index (κ2) is 6.42. The maximum atomic E-state index is 3.74. The Morgan fingerprint density at radius 1 is 1.21 bits per heavy atom. The van der Waals surface area contributed by atoms with Crippen LogP contribution in [0.1, 0.15) is 37.3 Å². The average Bonchev–Trinajstić information content (AvgIpc) is 2.21. The van der Waals surface area contributed by atoms with Crippen LogP contribution in [0.25, 0.3) is 6.08 Å². The fraction of sp³-hybridized carbons (Fsp3) is 0.357. The smallest absolute Gasteiger partial charge is 0.0228 e. The summed E-state index contributed by atoms with van der Waals surface area (Å²) in [5.41, 5.74) is 2.76. The van der Waals surface area contributed by atoms with E-state index in [0.717, 1.165) is 0 Å². The van der Waals surface area contributed by atoms with Crippen LogP contribution in [0, 0.1) is 6.92 Å². The predicted molar refractivity (Wildman–Crippen MR) is 64.1 cm³/mol. The highest BCUT2D eigenvalue weighted by molar-refractivity contribution is 5.54. The van der Waals surface area contributed by atoms with Gasteiger partial charge in [0.05, 0.1) is 0 Å². The second-order valence-electron chi connectivity index (χ2n) is 3.56. The minimum absolute atomic E-state index is 1.19. The van der Waals surface area contributed by atoms with E-state index in [1.54, 1.807) is 0 Å². The van der Waals surface area contributed by atoms with Crippen LogP contribution < -0.4 is 0 Å². The first-order valence-electron chi connectivity index (χ1n) is 5.42. The highest BCUT2D eigenvalue weighted by Gasteiger charge is 1.97. The Kier molecular flexibility index (Phi) is 5.06. The summed E-state index contributed by atoms with van der Waals surface area (Å²) in [5.74, 6) is 0. The standard InChI is InChI=1S/C14H19/c1-3-5-6-10-14-12-8-7-11-13(14)9-4-2/h4,7-9,11-12H,2-3,5-6,10H2,1H3/b9-4+. The first-order valence-corrected chi connectivity index (χ1v) is 5.42. The van der Waals surface area contributed by atoms with Gasteiger partial charge in [-0.15, -0.1) is 0 Å². The van der Waals surface area contributed by atoms with E-state index >= 15 is 0 Å². The lowest BCUT2D eigenvalue weighted by atomic mass is 10.0. The van der Waals surface area contributed by atoms with Gasteiger partial charge in [0.1, 0.15) is 0 Å². The topological polar surface area (TPSA) is 0 Å². The number of unbranched alkanes of at least 4 members (excludes halogenated alkanes) is 2. The van der Waals surface area contributed by atoms with Gasteiger partial charge in [0.2, 0.25) is 0 Å². The Labute approximate surface area is 87.7 Å². The van der Waals surface area contributed by atoms with Crippen molar-refractivity contribution in [1.82, 2.24) is 0 Å². The van der Waals surface area contributed by atoms with Crippen LogP contribution in [0.5, 0.6) is 0 Å². The largest absolute Gasteiger partial charge is 0.0836 e. The summed E-state index contributed by atoms with van der Waals surface area (Å²) in [7, 11) is 0. The maximum Gasteiger partial charge on any atom is -0.0228 e. The Balaban J connectivity index is 2.64. The number of hydrogen-bond donors (Lipinski definition) is 0. The first kappa shape index (κ1) is 11.0. The minimum Gasteiger partial charge on any atom is -0.0836 e. The third-order valence-electron chi connectivity index (χ3n) is 2.40. The van der Waals surface area contributed by atoms with Crippen molar-refractivity contribution >= 4 is 6.08 Å². The van der Waals surface area contributed by atoms with Crippen LogP contribution in [0.15, 0.2) is 30.3 Å². The first-order chi connectivity index (χ1) is 6.88. The number of hydrogen-bond acceptors (Lipinski definition) is 0. The molecule has 0 saturated heterocycles. The van der Waals surface area contributed by atoms with Crippen LogP contribution in [0.4, 0.5) is 0 Å². The fourth-order valence-electron chi connectivity index (χ4n) is 1.62. The SMILES string of the molecule is [CH2]/C=C/c1ccccc1CCCCC. The Morgan fingerprint density at radius 3 is 2.71 bits per heavy atom. The lowest BCUT2D eigenvalue weighted by molar-refractivity contribution is 0.717. The zero-order chi connectivity index (χ0) is 10.2. The molecule has 75 valence electrons. The molecule has 0 aliphatic heterocycles. The summed E-state index contributed by atoms with van der Waals surface area (Å²) in [4.78, 5) is 0. The van der Waals surface area contributed by atoms with E-state index in [9.17, 15) is 0 Å². The van der Waals surface area contributed by atoms with E-state index in [1.165, 1.54) is 36.8 Å². The Morgan fingerprint density at radius 2 is 2.00 bits per heavy atom. The van der Waals surface area contributed by atoms with Gasteiger partial charge in [0.15, 0.2) is 0 Å². The molecule has 1 aromatic rings. The Hall–Kier alpha value is -1.04. The monoisotopic (exact) mass is 187 g/mol. The number of aryl methyl sites for hydroxylation is 1. The zero-order valence-corrected chi connectivity index (χ0v) is 9.00. The van der Waals surface area contributed by atoms with Gasteiger partial charge in [0.25, 0.3) is 0 Å². The van der Waals surface area contributed by atoms with Crippen LogP contribution >= 0.6 is 0 Å². The summed E-state index contributed by atoms with van der Waals surface area (Å²) >= 11 is 0. The van der Waals surface area contributed by atoms with Crippen molar-refractivity contribution in [2.24, 2.45) is 0 Å². The molecular weight excluding hydrogens is 168 g/mol. The number of rotatable bonds is 5. The molecule has 0 atom stereocenters. The van der Waals surface area contributed by atoms with Gasteiger partial charge in [-0.25, -0.2) is 0 Å². The molecule has 0 N–H and O–H groups in total. The van der Waals surface area contributed by atoms with E-state index < -0.39 is 0 Å². The van der Waals surface area contributed by atoms with E-state index in [4.69, 9.17) is 0 Å². The molecule has 0 spiro atoms. The molecule has 0 heteroatoms. The van der Waals surface area contributed by atoms with Crippen molar-refractivity contribution in [3.63, 3.8) is 0 Å². The van der Waals surface area contributed by atoms with Crippen LogP contribution in [0.2, 0.25) is 0 Å². The summed E-state index contributed by atoms with van der Waals surface area (Å²) in [6, 6.07) is 8.56. The third-order valence-corrected chi connectivity index (χ3v) is 2.40. The van der Waals surface area contributed by atoms with Gasteiger partial charge in [-0.1, -0.05) is 56.2 Å². The van der Waals surface area contributed by atoms with E-state index in [0.29, 0.717) is 0 Å². The van der Waals surface area contributed by atoms with Gasteiger partial charge in [-0.3, -0.25) is 0 Å². The normalized spacial score (nSPS) is 11.0. The predicted octanol–water partition coefficient (Wildman–Crippen LogP) is 4.27. The fourth-order valence-corrected chi connectivity index (χ4v) is 1.62. The molecule has 0 unspecified atom stereocenters. The molecule has 1 radical (unpaired) electrons. The van der Waals surface area contributed by atoms with Crippen LogP contribution in [-0.2, 0) is 6.42 Å². The molecule has 1 aromatic carbocycles. The molecule has 0 heterocycles. The van der Waals surface area contributed by atoms with Crippen molar-refractivity contribution in [2.45, 2.75) is 32.6 Å². The van der Waals surface area contributed by atoms with Crippen LogP contribution in [-0.4, -0.2) is 0 Å². The van der Waals surface area contributed by atoms with E-state index in [1.807, 2.05) is 6.08 Å². The molecule has 14 heavy (non-hydrogen) atoms. The molecule has 0 bridgehead atoms. The third kappa shape index (κ3) is 3.37. The number of benzene rings is 1. The molecule has 0 aliphatic carbocycles. The summed E-state index contributed by atoms with van der Waals surface area (Å²) in [6.45, 7) is 5.98. The van der Waals surface area contributed by atoms with E-state index in [2.05, 4.69) is 44.2 Å². The maximum absolute atomic E-state index is 3.74. The van der Waals surface area contributed by atoms with Crippen LogP contribution in [0.3, 0.4) is 0 Å². The molecule has 0 fully saturated rings. The van der Waals surface area contributed by atoms with Gasteiger partial charge in [-0.2, -0.15) is 0 Å². The van der Waals surface area contributed by atoms with Crippen molar-refractivity contribution in [1.29, 1.82) is 0 Å². The van der Waals surface area contributed by atoms with E-state index in [-0.39, 0.29) is 0 Å². The van der Waals surface area contributed by atoms with Gasteiger partial charge < -0.3 is 0 Å². The molecule has 0 aromatic heterocycles. The lowest BCUT2D eigenvalue weighted by Crippen LogP contribution is -1.89. The van der Waals surface area contributed by atoms with Gasteiger partial charge in [0, 0.05) is 0 Å². The van der Waals surface area contributed by atoms with Gasteiger partial charge >= 0.3 is 0 Å². The average molecular weight is 187 g/mol. The van der Waals surface area contributed by atoms with Crippen molar-refractivity contribution in [3.05, 3.63) is 48.4 Å². The molecule has 1 rings (SSSR count). The van der Waals surface area contributed by atoms with Gasteiger partial charge in [-0.05, 0) is 30.9 Å². The Bertz CT molecular complexity index is 284. The zero-order valence-electron chi connectivity index (χ0n) is 9.00. The summed E-state index contributed by atoms with van der Waals surface area (Å²) in [5, 5.41) is 0. The molecule has 0 aliphatic rings. The minimum atomic E-state index is 1.19. The summed E-state index contributed by atoms with van der Waals surface area (Å²) in [6.07, 6.45) is 9.03. The second-order valence-corrected chi connectivity index (χ2v) is 3.56. The van der Waals surface area contributed by atoms with Crippen molar-refractivity contribution < 1.29 is 0 Å². The van der Waals surface area contributed by atoms with Crippen molar-refractivity contribution in [2.75, 3.05) is 0 Å². The molecule has 0 saturated carbocycles. The molecule has 0 nitrogen and oxygen atoms in total.